The van der Waals surface area contributed by atoms with Crippen LogP contribution in [0.4, 0.5) is 5.69 Å². The van der Waals surface area contributed by atoms with Crippen LogP contribution in [0, 0.1) is 0 Å². The van der Waals surface area contributed by atoms with Crippen LogP contribution in [0.2, 0.25) is 0 Å². The quantitative estimate of drug-likeness (QED) is 0.455. The Hall–Kier alpha value is -2.10. The van der Waals surface area contributed by atoms with Crippen molar-refractivity contribution in [3.63, 3.8) is 0 Å². The molecule has 0 aliphatic rings. The second kappa shape index (κ2) is 5.30. The number of esters is 2. The van der Waals surface area contributed by atoms with E-state index in [1.807, 2.05) is 20.2 Å². The first kappa shape index (κ1) is 13.0. The summed E-state index contributed by atoms with van der Waals surface area (Å²) in [5.74, 6) is -1.37. The van der Waals surface area contributed by atoms with Gasteiger partial charge in [0.15, 0.2) is 0 Å². The molecule has 1 aromatic rings. The maximum atomic E-state index is 11.8. The van der Waals surface area contributed by atoms with Gasteiger partial charge >= 0.3 is 11.9 Å². The number of carbonyl (C=O) groups excluding carboxylic acids is 2. The molecule has 0 N–H and O–H groups in total. The molecule has 0 radical (unpaired) electrons. The molecule has 1 rings (SSSR count). The summed E-state index contributed by atoms with van der Waals surface area (Å²) in [6, 6.07) is 6.92. The zero-order valence-corrected chi connectivity index (χ0v) is 10.2. The van der Waals surface area contributed by atoms with Crippen LogP contribution in [0.25, 0.3) is 0 Å². The Kier molecular flexibility index (Phi) is 4.04. The minimum absolute atomic E-state index is 0.195. The molecule has 0 fully saturated rings. The predicted octanol–water partition coefficient (Wildman–Crippen LogP) is 2.01. The molecular formula is C13H15NO3. The molecule has 0 atom stereocenters. The second-order valence-electron chi connectivity index (χ2n) is 3.87. The van der Waals surface area contributed by atoms with Crippen molar-refractivity contribution in [1.82, 2.24) is 0 Å². The van der Waals surface area contributed by atoms with Crippen LogP contribution in [0.1, 0.15) is 17.3 Å². The van der Waals surface area contributed by atoms with E-state index in [0.717, 1.165) is 0 Å². The first-order chi connectivity index (χ1) is 7.93. The Balaban J connectivity index is 2.97. The van der Waals surface area contributed by atoms with E-state index in [-0.39, 0.29) is 5.57 Å². The third-order valence-electron chi connectivity index (χ3n) is 2.14. The van der Waals surface area contributed by atoms with E-state index in [0.29, 0.717) is 11.3 Å². The molecule has 0 saturated heterocycles. The molecular weight excluding hydrogens is 218 g/mol. The topological polar surface area (TPSA) is 46.6 Å². The Labute approximate surface area is 100 Å². The van der Waals surface area contributed by atoms with Gasteiger partial charge in [-0.1, -0.05) is 18.7 Å². The van der Waals surface area contributed by atoms with Crippen LogP contribution in [0.15, 0.2) is 36.4 Å². The number of carbonyl (C=O) groups is 2. The minimum Gasteiger partial charge on any atom is -0.386 e. The first-order valence-corrected chi connectivity index (χ1v) is 5.12. The lowest BCUT2D eigenvalue weighted by Gasteiger charge is -2.15. The Morgan fingerprint density at radius 3 is 2.35 bits per heavy atom. The Bertz CT molecular complexity index is 463. The summed E-state index contributed by atoms with van der Waals surface area (Å²) in [6.45, 7) is 4.92. The van der Waals surface area contributed by atoms with E-state index in [2.05, 4.69) is 11.3 Å². The Morgan fingerprint density at radius 2 is 1.82 bits per heavy atom. The fraction of sp³-hybridized carbons (Fsp3) is 0.231. The lowest BCUT2D eigenvalue weighted by Crippen LogP contribution is -2.18. The van der Waals surface area contributed by atoms with Gasteiger partial charge in [-0.15, -0.1) is 0 Å². The van der Waals surface area contributed by atoms with Gasteiger partial charge in [-0.25, -0.2) is 9.59 Å². The molecule has 90 valence electrons. The van der Waals surface area contributed by atoms with E-state index >= 15 is 0 Å². The normalized spacial score (nSPS) is 9.59. The largest absolute Gasteiger partial charge is 0.386 e. The van der Waals surface area contributed by atoms with Crippen molar-refractivity contribution in [3.05, 3.63) is 42.0 Å². The predicted molar refractivity (Wildman–Crippen MR) is 66.0 cm³/mol. The third-order valence-corrected chi connectivity index (χ3v) is 2.14. The molecule has 4 heteroatoms. The number of hydrogen-bond acceptors (Lipinski definition) is 4. The molecule has 0 bridgehead atoms. The number of ether oxygens (including phenoxy) is 1. The van der Waals surface area contributed by atoms with E-state index in [1.54, 1.807) is 23.1 Å². The summed E-state index contributed by atoms with van der Waals surface area (Å²) in [7, 11) is 3.62. The van der Waals surface area contributed by atoms with Gasteiger partial charge in [0.1, 0.15) is 0 Å². The standard InChI is InChI=1S/C13H15NO3/c1-9(2)12(15)17-13(16)10-7-5-6-8-11(10)14(3)4/h5-8H,1H2,2-4H3. The van der Waals surface area contributed by atoms with E-state index < -0.39 is 11.9 Å². The van der Waals surface area contributed by atoms with E-state index in [1.165, 1.54) is 6.92 Å². The molecule has 0 unspecified atom stereocenters. The first-order valence-electron chi connectivity index (χ1n) is 5.12. The Morgan fingerprint density at radius 1 is 1.24 bits per heavy atom. The smallest absolute Gasteiger partial charge is 0.348 e. The molecule has 4 nitrogen and oxygen atoms in total. The van der Waals surface area contributed by atoms with Crippen LogP contribution in [-0.2, 0) is 9.53 Å². The van der Waals surface area contributed by atoms with Gasteiger partial charge in [0.25, 0.3) is 0 Å². The van der Waals surface area contributed by atoms with Gasteiger partial charge in [-0.3, -0.25) is 0 Å². The lowest BCUT2D eigenvalue weighted by molar-refractivity contribution is -0.133. The molecule has 0 heterocycles. The summed E-state index contributed by atoms with van der Waals surface area (Å²) >= 11 is 0. The minimum atomic E-state index is -0.705. The van der Waals surface area contributed by atoms with E-state index in [9.17, 15) is 9.59 Å². The van der Waals surface area contributed by atoms with Crippen molar-refractivity contribution >= 4 is 17.6 Å². The average molecular weight is 233 g/mol. The maximum absolute atomic E-state index is 11.8. The molecule has 0 aliphatic carbocycles. The second-order valence-corrected chi connectivity index (χ2v) is 3.87. The molecule has 0 aliphatic heterocycles. The molecule has 17 heavy (non-hydrogen) atoms. The average Bonchev–Trinajstić information content (AvgIpc) is 2.28. The fourth-order valence-corrected chi connectivity index (χ4v) is 1.26. The van der Waals surface area contributed by atoms with Crippen LogP contribution in [0.5, 0.6) is 0 Å². The summed E-state index contributed by atoms with van der Waals surface area (Å²) in [6.07, 6.45) is 0. The number of rotatable bonds is 3. The van der Waals surface area contributed by atoms with Crippen LogP contribution < -0.4 is 4.90 Å². The molecule has 0 aromatic heterocycles. The van der Waals surface area contributed by atoms with Gasteiger partial charge in [-0.05, 0) is 19.1 Å². The van der Waals surface area contributed by atoms with Gasteiger partial charge in [0.05, 0.1) is 11.3 Å². The lowest BCUT2D eigenvalue weighted by atomic mass is 10.1. The summed E-state index contributed by atoms with van der Waals surface area (Å²) in [5, 5.41) is 0. The van der Waals surface area contributed by atoms with Crippen molar-refractivity contribution in [1.29, 1.82) is 0 Å². The van der Waals surface area contributed by atoms with Gasteiger partial charge < -0.3 is 9.64 Å². The fourth-order valence-electron chi connectivity index (χ4n) is 1.26. The highest BCUT2D eigenvalue weighted by Crippen LogP contribution is 2.19. The maximum Gasteiger partial charge on any atom is 0.348 e. The van der Waals surface area contributed by atoms with E-state index in [4.69, 9.17) is 0 Å². The van der Waals surface area contributed by atoms with Crippen molar-refractivity contribution in [2.45, 2.75) is 6.92 Å². The highest BCUT2D eigenvalue weighted by atomic mass is 16.6. The van der Waals surface area contributed by atoms with Crippen LogP contribution in [-0.4, -0.2) is 26.0 Å². The van der Waals surface area contributed by atoms with Gasteiger partial charge in [0.2, 0.25) is 0 Å². The van der Waals surface area contributed by atoms with Crippen molar-refractivity contribution in [3.8, 4) is 0 Å². The summed E-state index contributed by atoms with van der Waals surface area (Å²) in [5.41, 5.74) is 1.25. The third kappa shape index (κ3) is 3.17. The van der Waals surface area contributed by atoms with Crippen LogP contribution >= 0.6 is 0 Å². The number of anilines is 1. The highest BCUT2D eigenvalue weighted by Gasteiger charge is 2.17. The van der Waals surface area contributed by atoms with Crippen LogP contribution in [0.3, 0.4) is 0 Å². The monoisotopic (exact) mass is 233 g/mol. The van der Waals surface area contributed by atoms with Crippen molar-refractivity contribution in [2.24, 2.45) is 0 Å². The number of benzene rings is 1. The molecule has 0 saturated carbocycles. The number of hydrogen-bond donors (Lipinski definition) is 0. The van der Waals surface area contributed by atoms with Crippen molar-refractivity contribution < 1.29 is 14.3 Å². The van der Waals surface area contributed by atoms with Crippen molar-refractivity contribution in [2.75, 3.05) is 19.0 Å². The highest BCUT2D eigenvalue weighted by molar-refractivity contribution is 6.04. The number of para-hydroxylation sites is 1. The summed E-state index contributed by atoms with van der Waals surface area (Å²) in [4.78, 5) is 24.8. The summed E-state index contributed by atoms with van der Waals surface area (Å²) < 4.78 is 4.68. The number of nitrogens with zero attached hydrogens (tertiary/aromatic N) is 1. The zero-order valence-electron chi connectivity index (χ0n) is 10.2. The molecule has 1 aromatic carbocycles. The van der Waals surface area contributed by atoms with Gasteiger partial charge in [-0.2, -0.15) is 0 Å². The molecule has 0 spiro atoms. The zero-order chi connectivity index (χ0) is 13.0. The van der Waals surface area contributed by atoms with Gasteiger partial charge in [0, 0.05) is 19.7 Å². The SMILES string of the molecule is C=C(C)C(=O)OC(=O)c1ccccc1N(C)C. The molecule has 0 amide bonds.